The lowest BCUT2D eigenvalue weighted by Crippen LogP contribution is -2.39. The lowest BCUT2D eigenvalue weighted by atomic mass is 10.1. The van der Waals surface area contributed by atoms with Gasteiger partial charge < -0.3 is 11.1 Å². The minimum Gasteiger partial charge on any atom is -0.369 e. The van der Waals surface area contributed by atoms with Gasteiger partial charge in [0.25, 0.3) is 0 Å². The number of nitrogens with zero attached hydrogens (tertiary/aromatic N) is 1. The van der Waals surface area contributed by atoms with E-state index in [9.17, 15) is 4.79 Å². The first-order valence-electron chi connectivity index (χ1n) is 6.66. The van der Waals surface area contributed by atoms with Gasteiger partial charge in [0, 0.05) is 11.9 Å². The number of anilines is 1. The summed E-state index contributed by atoms with van der Waals surface area (Å²) in [7, 11) is 0. The molecule has 1 rings (SSSR count). The van der Waals surface area contributed by atoms with E-state index in [4.69, 9.17) is 5.73 Å². The van der Waals surface area contributed by atoms with Crippen LogP contribution in [-0.4, -0.2) is 12.0 Å². The molecule has 4 N–H and O–H groups in total. The maximum Gasteiger partial charge on any atom is 0.326 e. The van der Waals surface area contributed by atoms with Gasteiger partial charge in [-0.05, 0) is 31.9 Å². The van der Waals surface area contributed by atoms with Gasteiger partial charge in [-0.1, -0.05) is 37.1 Å². The van der Waals surface area contributed by atoms with Gasteiger partial charge in [0.1, 0.15) is 0 Å². The van der Waals surface area contributed by atoms with Crippen molar-refractivity contribution < 1.29 is 4.79 Å². The third-order valence-corrected chi connectivity index (χ3v) is 2.65. The molecule has 20 heavy (non-hydrogen) atoms. The molecule has 2 amide bonds. The van der Waals surface area contributed by atoms with Crippen LogP contribution in [0.3, 0.4) is 0 Å². The topological polar surface area (TPSA) is 79.5 Å². The zero-order valence-corrected chi connectivity index (χ0v) is 12.2. The van der Waals surface area contributed by atoms with E-state index in [1.807, 2.05) is 38.1 Å². The molecule has 0 radical (unpaired) electrons. The lowest BCUT2D eigenvalue weighted by molar-refractivity contribution is 0.256. The minimum absolute atomic E-state index is 0.0691. The Bertz CT molecular complexity index is 521. The summed E-state index contributed by atoms with van der Waals surface area (Å²) in [6, 6.07) is 5.40. The number of nitrogens with one attached hydrogen (secondary N) is 2. The molecule has 0 spiro atoms. The fourth-order valence-electron chi connectivity index (χ4n) is 1.63. The van der Waals surface area contributed by atoms with E-state index in [2.05, 4.69) is 22.5 Å². The second kappa shape index (κ2) is 7.99. The van der Waals surface area contributed by atoms with Crippen LogP contribution in [0.1, 0.15) is 30.9 Å². The maximum absolute atomic E-state index is 11.7. The van der Waals surface area contributed by atoms with Crippen LogP contribution in [0.2, 0.25) is 0 Å². The monoisotopic (exact) mass is 274 g/mol. The number of guanidine groups is 1. The average molecular weight is 274 g/mol. The molecule has 0 aliphatic carbocycles. The molecule has 0 saturated carbocycles. The third-order valence-electron chi connectivity index (χ3n) is 2.65. The molecule has 0 unspecified atom stereocenters. The molecule has 0 atom stereocenters. The minimum atomic E-state index is -0.401. The Morgan fingerprint density at radius 3 is 2.80 bits per heavy atom. The molecule has 0 aliphatic heterocycles. The van der Waals surface area contributed by atoms with Crippen LogP contribution in [-0.2, 0) is 0 Å². The number of rotatable bonds is 4. The molecule has 1 aromatic rings. The van der Waals surface area contributed by atoms with Gasteiger partial charge in [0.2, 0.25) is 5.96 Å². The number of allylic oxidation sites excluding steroid dienone is 1. The zero-order chi connectivity index (χ0) is 15.0. The van der Waals surface area contributed by atoms with Crippen LogP contribution < -0.4 is 16.4 Å². The summed E-state index contributed by atoms with van der Waals surface area (Å²) in [6.07, 6.45) is 5.48. The van der Waals surface area contributed by atoms with Crippen molar-refractivity contribution in [2.24, 2.45) is 10.7 Å². The Hall–Kier alpha value is -2.30. The summed E-state index contributed by atoms with van der Waals surface area (Å²) in [5.41, 5.74) is 8.50. The van der Waals surface area contributed by atoms with Crippen molar-refractivity contribution >= 4 is 17.7 Å². The summed E-state index contributed by atoms with van der Waals surface area (Å²) >= 11 is 0. The number of urea groups is 1. The fourth-order valence-corrected chi connectivity index (χ4v) is 1.63. The molecule has 0 heterocycles. The van der Waals surface area contributed by atoms with Gasteiger partial charge in [-0.2, -0.15) is 0 Å². The quantitative estimate of drug-likeness (QED) is 0.582. The van der Waals surface area contributed by atoms with Gasteiger partial charge in [-0.25, -0.2) is 9.79 Å². The molecular formula is C15H22N4O. The number of benzene rings is 1. The third kappa shape index (κ3) is 5.56. The zero-order valence-electron chi connectivity index (χ0n) is 12.2. The predicted octanol–water partition coefficient (Wildman–Crippen LogP) is 3.05. The van der Waals surface area contributed by atoms with E-state index >= 15 is 0 Å². The largest absolute Gasteiger partial charge is 0.369 e. The molecule has 0 aliphatic rings. The number of hydrogen-bond acceptors (Lipinski definition) is 2. The number of amides is 2. The van der Waals surface area contributed by atoms with E-state index in [0.717, 1.165) is 29.7 Å². The van der Waals surface area contributed by atoms with Crippen molar-refractivity contribution in [2.75, 3.05) is 5.32 Å². The van der Waals surface area contributed by atoms with Crippen molar-refractivity contribution in [1.82, 2.24) is 5.32 Å². The summed E-state index contributed by atoms with van der Waals surface area (Å²) in [4.78, 5) is 15.7. The van der Waals surface area contributed by atoms with Gasteiger partial charge in [0.15, 0.2) is 0 Å². The summed E-state index contributed by atoms with van der Waals surface area (Å²) < 4.78 is 0. The molecule has 0 saturated heterocycles. The summed E-state index contributed by atoms with van der Waals surface area (Å²) in [5, 5.41) is 5.21. The first-order chi connectivity index (χ1) is 9.52. The van der Waals surface area contributed by atoms with Gasteiger partial charge in [-0.3, -0.25) is 5.32 Å². The smallest absolute Gasteiger partial charge is 0.326 e. The van der Waals surface area contributed by atoms with Crippen LogP contribution in [0.25, 0.3) is 0 Å². The summed E-state index contributed by atoms with van der Waals surface area (Å²) in [5.74, 6) is 0.0691. The van der Waals surface area contributed by atoms with Crippen molar-refractivity contribution in [3.8, 4) is 0 Å². The van der Waals surface area contributed by atoms with Gasteiger partial charge in [0.05, 0.1) is 0 Å². The molecule has 0 aromatic heterocycles. The maximum atomic E-state index is 11.7. The Balaban J connectivity index is 2.55. The van der Waals surface area contributed by atoms with Crippen LogP contribution in [0.4, 0.5) is 10.5 Å². The highest BCUT2D eigenvalue weighted by Gasteiger charge is 2.05. The van der Waals surface area contributed by atoms with Gasteiger partial charge in [-0.15, -0.1) is 0 Å². The number of carbonyl (C=O) groups is 1. The lowest BCUT2D eigenvalue weighted by Gasteiger charge is -2.09. The number of nitrogens with two attached hydrogens (primary N) is 1. The van der Waals surface area contributed by atoms with Crippen molar-refractivity contribution in [2.45, 2.75) is 33.6 Å². The first kappa shape index (κ1) is 15.8. The van der Waals surface area contributed by atoms with E-state index in [1.54, 1.807) is 6.20 Å². The van der Waals surface area contributed by atoms with Crippen LogP contribution >= 0.6 is 0 Å². The highest BCUT2D eigenvalue weighted by atomic mass is 16.2. The number of unbranched alkanes of at least 4 members (excludes halogenated alkanes) is 1. The molecule has 108 valence electrons. The van der Waals surface area contributed by atoms with Crippen molar-refractivity contribution in [3.05, 3.63) is 41.6 Å². The number of carbonyl (C=O) groups excluding carboxylic acids is 1. The van der Waals surface area contributed by atoms with Crippen LogP contribution in [0.15, 0.2) is 35.5 Å². The number of hydrogen-bond donors (Lipinski definition) is 3. The highest BCUT2D eigenvalue weighted by molar-refractivity contribution is 6.02. The van der Waals surface area contributed by atoms with E-state index < -0.39 is 6.03 Å². The standard InChI is InChI=1S/C15H22N4O/c1-4-5-6-9-17-14(16)19-15(20)18-13-8-7-11(2)10-12(13)3/h6-10H,4-5H2,1-3H3,(H4,16,17,18,19,20)/b9-6+. The van der Waals surface area contributed by atoms with E-state index in [1.165, 1.54) is 0 Å². The first-order valence-corrected chi connectivity index (χ1v) is 6.66. The van der Waals surface area contributed by atoms with Crippen molar-refractivity contribution in [1.29, 1.82) is 0 Å². The Kier molecular flexibility index (Phi) is 6.29. The summed E-state index contributed by atoms with van der Waals surface area (Å²) in [6.45, 7) is 6.02. The average Bonchev–Trinajstić information content (AvgIpc) is 2.38. The molecule has 5 nitrogen and oxygen atoms in total. The molecular weight excluding hydrogens is 252 g/mol. The Morgan fingerprint density at radius 1 is 1.40 bits per heavy atom. The fraction of sp³-hybridized carbons (Fsp3) is 0.333. The van der Waals surface area contributed by atoms with Gasteiger partial charge >= 0.3 is 6.03 Å². The SMILES string of the molecule is CCC/C=C/N=C(N)NC(=O)Nc1ccc(C)cc1C. The number of aryl methyl sites for hydroxylation is 2. The van der Waals surface area contributed by atoms with E-state index in [0.29, 0.717) is 0 Å². The highest BCUT2D eigenvalue weighted by Crippen LogP contribution is 2.15. The molecule has 5 heteroatoms. The number of aliphatic imine (C=N–C) groups is 1. The van der Waals surface area contributed by atoms with Crippen LogP contribution in [0, 0.1) is 13.8 Å². The molecule has 1 aromatic carbocycles. The molecule has 0 fully saturated rings. The Morgan fingerprint density at radius 2 is 2.15 bits per heavy atom. The Labute approximate surface area is 120 Å². The molecule has 0 bridgehead atoms. The normalized spacial score (nSPS) is 11.7. The van der Waals surface area contributed by atoms with Crippen molar-refractivity contribution in [3.63, 3.8) is 0 Å². The predicted molar refractivity (Wildman–Crippen MR) is 83.7 cm³/mol. The second-order valence-corrected chi connectivity index (χ2v) is 4.59. The van der Waals surface area contributed by atoms with Crippen LogP contribution in [0.5, 0.6) is 0 Å². The van der Waals surface area contributed by atoms with E-state index in [-0.39, 0.29) is 5.96 Å². The second-order valence-electron chi connectivity index (χ2n) is 4.59.